The molecule has 1 amide bonds. The van der Waals surface area contributed by atoms with Crippen molar-refractivity contribution in [1.82, 2.24) is 15.1 Å². The number of hydrogen-bond donors (Lipinski definition) is 1. The Hall–Kier alpha value is -3.03. The lowest BCUT2D eigenvalue weighted by atomic mass is 10.1. The molecule has 1 N–H and O–H groups in total. The van der Waals surface area contributed by atoms with Crippen LogP contribution in [0.5, 0.6) is 0 Å². The number of nitrogens with zero attached hydrogens (tertiary/aromatic N) is 3. The Morgan fingerprint density at radius 2 is 1.90 bits per heavy atom. The third-order valence-corrected chi connectivity index (χ3v) is 5.01. The van der Waals surface area contributed by atoms with Crippen molar-refractivity contribution in [2.45, 2.75) is 6.42 Å². The first-order valence-electron chi connectivity index (χ1n) is 8.67. The van der Waals surface area contributed by atoms with Gasteiger partial charge in [0.25, 0.3) is 5.91 Å². The van der Waals surface area contributed by atoms with Crippen LogP contribution in [0.4, 0.5) is 5.69 Å². The molecule has 29 heavy (non-hydrogen) atoms. The quantitative estimate of drug-likeness (QED) is 0.424. The molecule has 2 aromatic carbocycles. The van der Waals surface area contributed by atoms with Crippen LogP contribution in [0.25, 0.3) is 11.4 Å². The second-order valence-electron chi connectivity index (χ2n) is 6.16. The average Bonchev–Trinajstić information content (AvgIpc) is 3.20. The first kappa shape index (κ1) is 19.3. The van der Waals surface area contributed by atoms with Crippen LogP contribution >= 0.6 is 27.5 Å². The van der Waals surface area contributed by atoms with Crippen molar-refractivity contribution < 1.29 is 9.32 Å². The summed E-state index contributed by atoms with van der Waals surface area (Å²) in [7, 11) is 0. The van der Waals surface area contributed by atoms with E-state index < -0.39 is 0 Å². The zero-order valence-electron chi connectivity index (χ0n) is 15.0. The summed E-state index contributed by atoms with van der Waals surface area (Å²) in [6.07, 6.45) is 3.72. The van der Waals surface area contributed by atoms with E-state index in [0.717, 1.165) is 15.6 Å². The van der Waals surface area contributed by atoms with Gasteiger partial charge in [-0.2, -0.15) is 4.98 Å². The molecule has 0 atom stereocenters. The van der Waals surface area contributed by atoms with Gasteiger partial charge in [-0.1, -0.05) is 50.9 Å². The van der Waals surface area contributed by atoms with Crippen molar-refractivity contribution in [3.05, 3.63) is 93.5 Å². The van der Waals surface area contributed by atoms with E-state index in [4.69, 9.17) is 16.1 Å². The van der Waals surface area contributed by atoms with E-state index in [1.165, 1.54) is 0 Å². The molecule has 0 spiro atoms. The van der Waals surface area contributed by atoms with Gasteiger partial charge >= 0.3 is 0 Å². The maximum absolute atomic E-state index is 12.7. The third-order valence-electron chi connectivity index (χ3n) is 4.19. The number of nitrogens with one attached hydrogen (secondary N) is 1. The number of aromatic nitrogens is 3. The SMILES string of the molecule is O=C(Nc1ccccc1Cc1nc(-c2ccncc2)no1)c1cc(Br)ccc1Cl. The van der Waals surface area contributed by atoms with E-state index in [1.54, 1.807) is 30.6 Å². The Balaban J connectivity index is 1.55. The standard InChI is InChI=1S/C21H14BrClN4O2/c22-15-5-6-17(23)16(12-15)21(28)25-18-4-2-1-3-14(18)11-19-26-20(27-29-19)13-7-9-24-10-8-13/h1-10,12H,11H2,(H,25,28). The second kappa shape index (κ2) is 8.55. The van der Waals surface area contributed by atoms with Crippen molar-refractivity contribution in [3.8, 4) is 11.4 Å². The Morgan fingerprint density at radius 3 is 2.72 bits per heavy atom. The Labute approximate surface area is 180 Å². The van der Waals surface area contributed by atoms with E-state index >= 15 is 0 Å². The van der Waals surface area contributed by atoms with Gasteiger partial charge in [0.2, 0.25) is 11.7 Å². The maximum Gasteiger partial charge on any atom is 0.257 e. The molecule has 0 bridgehead atoms. The van der Waals surface area contributed by atoms with Crippen molar-refractivity contribution >= 4 is 39.1 Å². The predicted octanol–water partition coefficient (Wildman–Crippen LogP) is 5.39. The normalized spacial score (nSPS) is 10.7. The monoisotopic (exact) mass is 468 g/mol. The molecule has 0 saturated carbocycles. The molecule has 2 heterocycles. The van der Waals surface area contributed by atoms with Gasteiger partial charge in [0, 0.05) is 28.1 Å². The first-order chi connectivity index (χ1) is 14.1. The van der Waals surface area contributed by atoms with Gasteiger partial charge in [0.15, 0.2) is 0 Å². The van der Waals surface area contributed by atoms with Gasteiger partial charge < -0.3 is 9.84 Å². The molecule has 0 aliphatic rings. The summed E-state index contributed by atoms with van der Waals surface area (Å²) in [6.45, 7) is 0. The summed E-state index contributed by atoms with van der Waals surface area (Å²) >= 11 is 9.53. The van der Waals surface area contributed by atoms with Crippen LogP contribution in [0.3, 0.4) is 0 Å². The van der Waals surface area contributed by atoms with Gasteiger partial charge in [-0.25, -0.2) is 0 Å². The highest BCUT2D eigenvalue weighted by Gasteiger charge is 2.15. The van der Waals surface area contributed by atoms with E-state index in [2.05, 4.69) is 36.4 Å². The topological polar surface area (TPSA) is 80.9 Å². The Morgan fingerprint density at radius 1 is 1.10 bits per heavy atom. The van der Waals surface area contributed by atoms with E-state index in [0.29, 0.717) is 34.4 Å². The van der Waals surface area contributed by atoms with Gasteiger partial charge in [-0.3, -0.25) is 9.78 Å². The van der Waals surface area contributed by atoms with E-state index in [1.807, 2.05) is 36.4 Å². The van der Waals surface area contributed by atoms with Crippen LogP contribution in [0.15, 0.2) is 76.0 Å². The summed E-state index contributed by atoms with van der Waals surface area (Å²) in [6, 6.07) is 16.2. The molecule has 6 nitrogen and oxygen atoms in total. The maximum atomic E-state index is 12.7. The van der Waals surface area contributed by atoms with Gasteiger partial charge in [0.1, 0.15) is 0 Å². The minimum absolute atomic E-state index is 0.299. The molecule has 4 rings (SSSR count). The molecule has 144 valence electrons. The summed E-state index contributed by atoms with van der Waals surface area (Å²) in [5.41, 5.74) is 2.70. The molecular weight excluding hydrogens is 456 g/mol. The number of carbonyl (C=O) groups excluding carboxylic acids is 1. The van der Waals surface area contributed by atoms with Crippen LogP contribution in [-0.2, 0) is 6.42 Å². The zero-order valence-corrected chi connectivity index (χ0v) is 17.3. The van der Waals surface area contributed by atoms with Gasteiger partial charge in [-0.15, -0.1) is 0 Å². The molecule has 0 aliphatic carbocycles. The van der Waals surface area contributed by atoms with Gasteiger partial charge in [0.05, 0.1) is 17.0 Å². The van der Waals surface area contributed by atoms with Crippen LogP contribution in [0.1, 0.15) is 21.8 Å². The number of benzene rings is 2. The van der Waals surface area contributed by atoms with Crippen molar-refractivity contribution in [2.75, 3.05) is 5.32 Å². The minimum atomic E-state index is -0.299. The summed E-state index contributed by atoms with van der Waals surface area (Å²) in [5, 5.41) is 7.31. The summed E-state index contributed by atoms with van der Waals surface area (Å²) < 4.78 is 6.15. The molecule has 8 heteroatoms. The summed E-state index contributed by atoms with van der Waals surface area (Å²) in [5.74, 6) is 0.635. The number of rotatable bonds is 5. The number of para-hydroxylation sites is 1. The third kappa shape index (κ3) is 4.52. The minimum Gasteiger partial charge on any atom is -0.339 e. The fourth-order valence-electron chi connectivity index (χ4n) is 2.77. The largest absolute Gasteiger partial charge is 0.339 e. The molecule has 2 aromatic heterocycles. The highest BCUT2D eigenvalue weighted by atomic mass is 79.9. The molecular formula is C21H14BrClN4O2. The lowest BCUT2D eigenvalue weighted by molar-refractivity contribution is 0.102. The second-order valence-corrected chi connectivity index (χ2v) is 7.48. The van der Waals surface area contributed by atoms with Crippen LogP contribution < -0.4 is 5.32 Å². The number of halogens is 2. The van der Waals surface area contributed by atoms with Crippen molar-refractivity contribution in [2.24, 2.45) is 0 Å². The van der Waals surface area contributed by atoms with Crippen molar-refractivity contribution in [3.63, 3.8) is 0 Å². The Kier molecular flexibility index (Phi) is 5.69. The summed E-state index contributed by atoms with van der Waals surface area (Å²) in [4.78, 5) is 21.1. The predicted molar refractivity (Wildman–Crippen MR) is 114 cm³/mol. The molecule has 4 aromatic rings. The fraction of sp³-hybridized carbons (Fsp3) is 0.0476. The number of amides is 1. The van der Waals surface area contributed by atoms with Crippen LogP contribution in [0.2, 0.25) is 5.02 Å². The smallest absolute Gasteiger partial charge is 0.257 e. The number of pyridine rings is 1. The average molecular weight is 470 g/mol. The number of hydrogen-bond acceptors (Lipinski definition) is 5. The zero-order chi connectivity index (χ0) is 20.2. The first-order valence-corrected chi connectivity index (χ1v) is 9.84. The van der Waals surface area contributed by atoms with E-state index in [-0.39, 0.29) is 5.91 Å². The highest BCUT2D eigenvalue weighted by molar-refractivity contribution is 9.10. The van der Waals surface area contributed by atoms with Gasteiger partial charge in [-0.05, 0) is 42.0 Å². The van der Waals surface area contributed by atoms with E-state index in [9.17, 15) is 4.79 Å². The molecule has 0 fully saturated rings. The highest BCUT2D eigenvalue weighted by Crippen LogP contribution is 2.25. The molecule has 0 saturated heterocycles. The fourth-order valence-corrected chi connectivity index (χ4v) is 3.33. The Bertz CT molecular complexity index is 1160. The number of anilines is 1. The molecule has 0 radical (unpaired) electrons. The lowest BCUT2D eigenvalue weighted by Crippen LogP contribution is -2.14. The molecule has 0 aliphatic heterocycles. The van der Waals surface area contributed by atoms with Crippen LogP contribution in [-0.4, -0.2) is 21.0 Å². The molecule has 0 unspecified atom stereocenters. The lowest BCUT2D eigenvalue weighted by Gasteiger charge is -2.11. The number of carbonyl (C=O) groups is 1. The van der Waals surface area contributed by atoms with Crippen LogP contribution in [0, 0.1) is 0 Å². The van der Waals surface area contributed by atoms with Crippen molar-refractivity contribution in [1.29, 1.82) is 0 Å².